The largest absolute Gasteiger partial charge is 0.338 e. The van der Waals surface area contributed by atoms with Crippen LogP contribution < -0.4 is 0 Å². The predicted octanol–water partition coefficient (Wildman–Crippen LogP) is 4.39. The fourth-order valence-corrected chi connectivity index (χ4v) is 2.47. The summed E-state index contributed by atoms with van der Waals surface area (Å²) in [6, 6.07) is 9.32. The topological polar surface area (TPSA) is 33.2 Å². The van der Waals surface area contributed by atoms with Crippen molar-refractivity contribution in [2.75, 3.05) is 7.05 Å². The number of rotatable bonds is 2. The monoisotopic (exact) mass is 304 g/mol. The lowest BCUT2D eigenvalue weighted by Gasteiger charge is -2.35. The normalized spacial score (nSPS) is 13.2. The Morgan fingerprint density at radius 2 is 1.90 bits per heavy atom. The van der Waals surface area contributed by atoms with Crippen LogP contribution in [0, 0.1) is 5.41 Å². The Hall–Kier alpha value is -1.61. The molecule has 3 nitrogen and oxygen atoms in total. The lowest BCUT2D eigenvalue weighted by Crippen LogP contribution is -2.43. The zero-order valence-electron chi connectivity index (χ0n) is 13.1. The van der Waals surface area contributed by atoms with Crippen molar-refractivity contribution in [1.29, 1.82) is 0 Å². The van der Waals surface area contributed by atoms with Crippen molar-refractivity contribution in [2.24, 2.45) is 5.41 Å². The Morgan fingerprint density at radius 1 is 1.29 bits per heavy atom. The summed E-state index contributed by atoms with van der Waals surface area (Å²) >= 11 is 6.06. The Bertz CT molecular complexity index is 676. The molecule has 1 aromatic carbocycles. The Morgan fingerprint density at radius 3 is 2.52 bits per heavy atom. The summed E-state index contributed by atoms with van der Waals surface area (Å²) in [6.07, 6.45) is 0. The first-order chi connectivity index (χ1) is 9.71. The molecule has 1 heterocycles. The Labute approximate surface area is 130 Å². The van der Waals surface area contributed by atoms with E-state index in [1.807, 2.05) is 31.3 Å². The number of carbonyl (C=O) groups excluding carboxylic acids is 1. The maximum Gasteiger partial charge on any atom is 0.254 e. The van der Waals surface area contributed by atoms with Crippen molar-refractivity contribution in [3.8, 4) is 0 Å². The lowest BCUT2D eigenvalue weighted by atomic mass is 9.87. The molecule has 2 rings (SSSR count). The average Bonchev–Trinajstić information content (AvgIpc) is 2.43. The zero-order valence-corrected chi connectivity index (χ0v) is 13.9. The zero-order chi connectivity index (χ0) is 15.8. The van der Waals surface area contributed by atoms with Crippen LogP contribution in [-0.4, -0.2) is 28.9 Å². The van der Waals surface area contributed by atoms with E-state index in [9.17, 15) is 4.79 Å². The fraction of sp³-hybridized carbons (Fsp3) is 0.412. The van der Waals surface area contributed by atoms with Crippen LogP contribution in [0.3, 0.4) is 0 Å². The van der Waals surface area contributed by atoms with Crippen LogP contribution >= 0.6 is 11.6 Å². The quantitative estimate of drug-likeness (QED) is 0.771. The van der Waals surface area contributed by atoms with Crippen molar-refractivity contribution >= 4 is 28.4 Å². The van der Waals surface area contributed by atoms with Gasteiger partial charge >= 0.3 is 0 Å². The SMILES string of the molecule is CC(N(C)C(=O)c1cc(Cl)nc2ccccc12)C(C)(C)C. The smallest absolute Gasteiger partial charge is 0.254 e. The van der Waals surface area contributed by atoms with Gasteiger partial charge in [-0.3, -0.25) is 4.79 Å². The molecule has 4 heteroatoms. The van der Waals surface area contributed by atoms with Crippen LogP contribution in [0.25, 0.3) is 10.9 Å². The van der Waals surface area contributed by atoms with Crippen molar-refractivity contribution < 1.29 is 4.79 Å². The first kappa shape index (κ1) is 15.8. The molecule has 0 aliphatic heterocycles. The van der Waals surface area contributed by atoms with Crippen molar-refractivity contribution in [1.82, 2.24) is 9.88 Å². The number of fused-ring (bicyclic) bond motifs is 1. The van der Waals surface area contributed by atoms with E-state index < -0.39 is 0 Å². The second kappa shape index (κ2) is 5.64. The number of benzene rings is 1. The number of pyridine rings is 1. The maximum atomic E-state index is 12.8. The van der Waals surface area contributed by atoms with Crippen LogP contribution in [0.15, 0.2) is 30.3 Å². The van der Waals surface area contributed by atoms with E-state index >= 15 is 0 Å². The summed E-state index contributed by atoms with van der Waals surface area (Å²) in [7, 11) is 1.83. The molecule has 0 spiro atoms. The molecule has 21 heavy (non-hydrogen) atoms. The number of nitrogens with zero attached hydrogens (tertiary/aromatic N) is 2. The Kier molecular flexibility index (Phi) is 4.24. The van der Waals surface area contributed by atoms with Gasteiger partial charge in [0.25, 0.3) is 5.91 Å². The third-order valence-electron chi connectivity index (χ3n) is 4.07. The number of hydrogen-bond donors (Lipinski definition) is 0. The highest BCUT2D eigenvalue weighted by molar-refractivity contribution is 6.30. The van der Waals surface area contributed by atoms with Gasteiger partial charge < -0.3 is 4.90 Å². The molecular formula is C17H21ClN2O. The van der Waals surface area contributed by atoms with E-state index in [-0.39, 0.29) is 17.4 Å². The molecule has 1 amide bonds. The van der Waals surface area contributed by atoms with E-state index in [4.69, 9.17) is 11.6 Å². The van der Waals surface area contributed by atoms with Crippen LogP contribution in [0.1, 0.15) is 38.1 Å². The summed E-state index contributed by atoms with van der Waals surface area (Å²) in [5.74, 6) is -0.0297. The van der Waals surface area contributed by atoms with Gasteiger partial charge in [-0.1, -0.05) is 50.6 Å². The highest BCUT2D eigenvalue weighted by Gasteiger charge is 2.28. The van der Waals surface area contributed by atoms with Crippen LogP contribution in [-0.2, 0) is 0 Å². The molecule has 0 aliphatic carbocycles. The maximum absolute atomic E-state index is 12.8. The van der Waals surface area contributed by atoms with Gasteiger partial charge in [-0.15, -0.1) is 0 Å². The van der Waals surface area contributed by atoms with Crippen LogP contribution in [0.5, 0.6) is 0 Å². The van der Waals surface area contributed by atoms with Gasteiger partial charge in [0.2, 0.25) is 0 Å². The first-order valence-corrected chi connectivity index (χ1v) is 7.42. The Balaban J connectivity index is 2.49. The van der Waals surface area contributed by atoms with E-state index in [0.29, 0.717) is 10.7 Å². The molecule has 112 valence electrons. The van der Waals surface area contributed by atoms with Gasteiger partial charge in [-0.2, -0.15) is 0 Å². The van der Waals surface area contributed by atoms with Gasteiger partial charge in [0.15, 0.2) is 0 Å². The van der Waals surface area contributed by atoms with E-state index in [1.165, 1.54) is 0 Å². The van der Waals surface area contributed by atoms with Gasteiger partial charge in [0.1, 0.15) is 5.15 Å². The molecule has 0 saturated carbocycles. The van der Waals surface area contributed by atoms with Gasteiger partial charge in [0.05, 0.1) is 11.1 Å². The van der Waals surface area contributed by atoms with E-state index in [1.54, 1.807) is 11.0 Å². The van der Waals surface area contributed by atoms with Crippen LogP contribution in [0.2, 0.25) is 5.15 Å². The van der Waals surface area contributed by atoms with Gasteiger partial charge in [-0.05, 0) is 24.5 Å². The number of aromatic nitrogens is 1. The minimum absolute atomic E-state index is 0.0110. The average molecular weight is 305 g/mol. The predicted molar refractivity (Wildman–Crippen MR) is 87.8 cm³/mol. The first-order valence-electron chi connectivity index (χ1n) is 7.04. The minimum Gasteiger partial charge on any atom is -0.338 e. The third kappa shape index (κ3) is 3.18. The molecule has 0 saturated heterocycles. The van der Waals surface area contributed by atoms with Crippen molar-refractivity contribution in [2.45, 2.75) is 33.7 Å². The van der Waals surface area contributed by atoms with Crippen molar-refractivity contribution in [3.63, 3.8) is 0 Å². The highest BCUT2D eigenvalue weighted by atomic mass is 35.5. The van der Waals surface area contributed by atoms with Crippen LogP contribution in [0.4, 0.5) is 0 Å². The van der Waals surface area contributed by atoms with Gasteiger partial charge in [-0.25, -0.2) is 4.98 Å². The second-order valence-electron chi connectivity index (χ2n) is 6.47. The molecule has 0 N–H and O–H groups in total. The number of halogens is 1. The molecule has 1 aromatic heterocycles. The van der Waals surface area contributed by atoms with Gasteiger partial charge in [0, 0.05) is 18.5 Å². The molecule has 1 atom stereocenters. The number of hydrogen-bond acceptors (Lipinski definition) is 2. The number of para-hydroxylation sites is 1. The molecule has 0 radical (unpaired) electrons. The summed E-state index contributed by atoms with van der Waals surface area (Å²) in [5.41, 5.74) is 1.35. The molecule has 0 fully saturated rings. The summed E-state index contributed by atoms with van der Waals surface area (Å²) in [4.78, 5) is 18.9. The molecule has 2 aromatic rings. The van der Waals surface area contributed by atoms with E-state index in [0.717, 1.165) is 10.9 Å². The standard InChI is InChI=1S/C17H21ClN2O/c1-11(17(2,3)4)20(5)16(21)13-10-15(18)19-14-9-7-6-8-12(13)14/h6-11H,1-5H3. The highest BCUT2D eigenvalue weighted by Crippen LogP contribution is 2.27. The number of carbonyl (C=O) groups is 1. The van der Waals surface area contributed by atoms with E-state index in [2.05, 4.69) is 32.7 Å². The third-order valence-corrected chi connectivity index (χ3v) is 4.26. The second-order valence-corrected chi connectivity index (χ2v) is 6.85. The fourth-order valence-electron chi connectivity index (χ4n) is 2.27. The summed E-state index contributed by atoms with van der Waals surface area (Å²) in [6.45, 7) is 8.43. The minimum atomic E-state index is -0.0297. The number of amides is 1. The molecular weight excluding hydrogens is 284 g/mol. The lowest BCUT2D eigenvalue weighted by molar-refractivity contribution is 0.0631. The summed E-state index contributed by atoms with van der Waals surface area (Å²) < 4.78 is 0. The molecule has 1 unspecified atom stereocenters. The molecule has 0 bridgehead atoms. The van der Waals surface area contributed by atoms with Crippen molar-refractivity contribution in [3.05, 3.63) is 41.0 Å². The summed E-state index contributed by atoms with van der Waals surface area (Å²) in [5, 5.41) is 1.17. The molecule has 0 aliphatic rings.